The molecule has 3 rings (SSSR count). The van der Waals surface area contributed by atoms with Gasteiger partial charge in [0.2, 0.25) is 5.89 Å². The smallest absolute Gasteiger partial charge is 0.318 e. The van der Waals surface area contributed by atoms with Crippen molar-refractivity contribution in [3.05, 3.63) is 5.89 Å². The van der Waals surface area contributed by atoms with E-state index >= 15 is 0 Å². The lowest BCUT2D eigenvalue weighted by atomic mass is 10.2. The molecule has 1 aromatic heterocycles. The summed E-state index contributed by atoms with van der Waals surface area (Å²) in [4.78, 5) is 4.82. The van der Waals surface area contributed by atoms with Gasteiger partial charge in [0.1, 0.15) is 0 Å². The molecule has 1 atom stereocenters. The van der Waals surface area contributed by atoms with Gasteiger partial charge in [-0.15, -0.1) is 5.10 Å². The minimum absolute atomic E-state index is 0.632. The van der Waals surface area contributed by atoms with Crippen molar-refractivity contribution in [1.29, 1.82) is 0 Å². The SMILES string of the molecule is CC(C)CNCc1nnc(N2CCN3CCCC3C2)o1. The number of hydrogen-bond donors (Lipinski definition) is 1. The molecule has 1 aromatic rings. The maximum atomic E-state index is 5.78. The maximum Gasteiger partial charge on any atom is 0.318 e. The second kappa shape index (κ2) is 6.10. The first kappa shape index (κ1) is 13.8. The highest BCUT2D eigenvalue weighted by atomic mass is 16.4. The summed E-state index contributed by atoms with van der Waals surface area (Å²) in [7, 11) is 0. The fourth-order valence-corrected chi connectivity index (χ4v) is 3.08. The first-order chi connectivity index (χ1) is 9.72. The normalized spacial score (nSPS) is 23.6. The lowest BCUT2D eigenvalue weighted by molar-refractivity contribution is 0.225. The van der Waals surface area contributed by atoms with Gasteiger partial charge in [-0.2, -0.15) is 0 Å². The van der Waals surface area contributed by atoms with Crippen LogP contribution < -0.4 is 10.2 Å². The number of hydrogen-bond acceptors (Lipinski definition) is 6. The van der Waals surface area contributed by atoms with Crippen molar-refractivity contribution in [3.63, 3.8) is 0 Å². The van der Waals surface area contributed by atoms with Crippen molar-refractivity contribution in [2.45, 2.75) is 39.3 Å². The highest BCUT2D eigenvalue weighted by Gasteiger charge is 2.32. The van der Waals surface area contributed by atoms with E-state index in [0.29, 0.717) is 30.4 Å². The lowest BCUT2D eigenvalue weighted by Gasteiger charge is -2.36. The third kappa shape index (κ3) is 3.12. The molecule has 20 heavy (non-hydrogen) atoms. The second-order valence-electron chi connectivity index (χ2n) is 6.28. The molecule has 6 heteroatoms. The molecule has 2 saturated heterocycles. The Balaban J connectivity index is 1.54. The number of nitrogens with one attached hydrogen (secondary N) is 1. The highest BCUT2D eigenvalue weighted by molar-refractivity contribution is 5.26. The Morgan fingerprint density at radius 1 is 1.30 bits per heavy atom. The van der Waals surface area contributed by atoms with Crippen LogP contribution in [0.4, 0.5) is 6.01 Å². The lowest BCUT2D eigenvalue weighted by Crippen LogP contribution is -2.50. The van der Waals surface area contributed by atoms with Gasteiger partial charge < -0.3 is 14.6 Å². The van der Waals surface area contributed by atoms with Gasteiger partial charge >= 0.3 is 6.01 Å². The molecule has 0 amide bonds. The molecule has 0 aliphatic carbocycles. The molecule has 1 N–H and O–H groups in total. The van der Waals surface area contributed by atoms with Gasteiger partial charge in [-0.1, -0.05) is 18.9 Å². The molecule has 0 radical (unpaired) electrons. The summed E-state index contributed by atoms with van der Waals surface area (Å²) in [5.41, 5.74) is 0. The number of fused-ring (bicyclic) bond motifs is 1. The zero-order valence-corrected chi connectivity index (χ0v) is 12.5. The number of nitrogens with zero attached hydrogens (tertiary/aromatic N) is 4. The molecule has 0 bridgehead atoms. The van der Waals surface area contributed by atoms with E-state index < -0.39 is 0 Å². The summed E-state index contributed by atoms with van der Waals surface area (Å²) < 4.78 is 5.78. The van der Waals surface area contributed by atoms with Gasteiger partial charge in [-0.25, -0.2) is 0 Å². The van der Waals surface area contributed by atoms with E-state index in [2.05, 4.69) is 39.2 Å². The van der Waals surface area contributed by atoms with E-state index in [1.807, 2.05) is 0 Å². The molecule has 2 fully saturated rings. The van der Waals surface area contributed by atoms with Gasteiger partial charge in [0.25, 0.3) is 0 Å². The first-order valence-corrected chi connectivity index (χ1v) is 7.74. The largest absolute Gasteiger partial charge is 0.407 e. The average molecular weight is 279 g/mol. The van der Waals surface area contributed by atoms with Crippen LogP contribution in [0, 0.1) is 5.92 Å². The van der Waals surface area contributed by atoms with Gasteiger partial charge in [-0.05, 0) is 31.8 Å². The van der Waals surface area contributed by atoms with Crippen molar-refractivity contribution >= 4 is 6.01 Å². The van der Waals surface area contributed by atoms with Crippen LogP contribution in [0.3, 0.4) is 0 Å². The molecule has 0 saturated carbocycles. The molecule has 2 aliphatic heterocycles. The van der Waals surface area contributed by atoms with Crippen LogP contribution in [0.15, 0.2) is 4.42 Å². The molecular weight excluding hydrogens is 254 g/mol. The molecule has 112 valence electrons. The maximum absolute atomic E-state index is 5.78. The summed E-state index contributed by atoms with van der Waals surface area (Å²) in [6.45, 7) is 10.4. The van der Waals surface area contributed by atoms with Crippen LogP contribution in [-0.4, -0.2) is 53.9 Å². The van der Waals surface area contributed by atoms with Crippen LogP contribution in [0.1, 0.15) is 32.6 Å². The first-order valence-electron chi connectivity index (χ1n) is 7.74. The predicted molar refractivity (Wildman–Crippen MR) is 77.7 cm³/mol. The minimum Gasteiger partial charge on any atom is -0.407 e. The quantitative estimate of drug-likeness (QED) is 0.871. The molecule has 1 unspecified atom stereocenters. The summed E-state index contributed by atoms with van der Waals surface area (Å²) in [6, 6.07) is 1.37. The van der Waals surface area contributed by atoms with E-state index in [1.54, 1.807) is 0 Å². The van der Waals surface area contributed by atoms with Gasteiger partial charge in [0.15, 0.2) is 0 Å². The second-order valence-corrected chi connectivity index (χ2v) is 6.28. The molecule has 6 nitrogen and oxygen atoms in total. The van der Waals surface area contributed by atoms with E-state index in [-0.39, 0.29) is 0 Å². The fourth-order valence-electron chi connectivity index (χ4n) is 3.08. The summed E-state index contributed by atoms with van der Waals surface area (Å²) in [5, 5.41) is 11.7. The van der Waals surface area contributed by atoms with E-state index in [1.165, 1.54) is 19.4 Å². The third-order valence-electron chi connectivity index (χ3n) is 4.14. The minimum atomic E-state index is 0.632. The summed E-state index contributed by atoms with van der Waals surface area (Å²) in [5.74, 6) is 1.32. The topological polar surface area (TPSA) is 57.4 Å². The van der Waals surface area contributed by atoms with Crippen molar-refractivity contribution < 1.29 is 4.42 Å². The fraction of sp³-hybridized carbons (Fsp3) is 0.857. The number of piperazine rings is 1. The molecule has 3 heterocycles. The monoisotopic (exact) mass is 279 g/mol. The van der Waals surface area contributed by atoms with E-state index in [9.17, 15) is 0 Å². The van der Waals surface area contributed by atoms with Crippen molar-refractivity contribution in [2.24, 2.45) is 5.92 Å². The summed E-state index contributed by atoms with van der Waals surface area (Å²) >= 11 is 0. The zero-order chi connectivity index (χ0) is 13.9. The Kier molecular flexibility index (Phi) is 4.21. The molecule has 0 spiro atoms. The van der Waals surface area contributed by atoms with E-state index in [4.69, 9.17) is 4.42 Å². The Bertz CT molecular complexity index is 433. The Labute approximate surface area is 120 Å². The zero-order valence-electron chi connectivity index (χ0n) is 12.5. The average Bonchev–Trinajstić information content (AvgIpc) is 3.05. The number of aromatic nitrogens is 2. The molecule has 0 aromatic carbocycles. The standard InChI is InChI=1S/C14H25N5O/c1-11(2)8-15-9-13-16-17-14(20-13)19-7-6-18-5-3-4-12(18)10-19/h11-12,15H,3-10H2,1-2H3. The van der Waals surface area contributed by atoms with Crippen molar-refractivity contribution in [1.82, 2.24) is 20.4 Å². The van der Waals surface area contributed by atoms with Gasteiger partial charge in [0, 0.05) is 25.7 Å². The Hall–Kier alpha value is -1.14. The highest BCUT2D eigenvalue weighted by Crippen LogP contribution is 2.24. The van der Waals surface area contributed by atoms with Crippen LogP contribution in [0.5, 0.6) is 0 Å². The van der Waals surface area contributed by atoms with Crippen LogP contribution in [-0.2, 0) is 6.54 Å². The van der Waals surface area contributed by atoms with Crippen molar-refractivity contribution in [3.8, 4) is 0 Å². The predicted octanol–water partition coefficient (Wildman–Crippen LogP) is 1.10. The van der Waals surface area contributed by atoms with Gasteiger partial charge in [-0.3, -0.25) is 4.90 Å². The number of rotatable bonds is 5. The van der Waals surface area contributed by atoms with Gasteiger partial charge in [0.05, 0.1) is 6.54 Å². The number of anilines is 1. The molecule has 2 aliphatic rings. The third-order valence-corrected chi connectivity index (χ3v) is 4.14. The molecular formula is C14H25N5O. The van der Waals surface area contributed by atoms with Crippen LogP contribution >= 0.6 is 0 Å². The summed E-state index contributed by atoms with van der Waals surface area (Å²) in [6.07, 6.45) is 2.63. The van der Waals surface area contributed by atoms with Crippen LogP contribution in [0.25, 0.3) is 0 Å². The van der Waals surface area contributed by atoms with Crippen molar-refractivity contribution in [2.75, 3.05) is 37.6 Å². The Morgan fingerprint density at radius 3 is 3.05 bits per heavy atom. The van der Waals surface area contributed by atoms with Crippen LogP contribution in [0.2, 0.25) is 0 Å². The van der Waals surface area contributed by atoms with E-state index in [0.717, 1.165) is 26.2 Å². The Morgan fingerprint density at radius 2 is 2.20 bits per heavy atom.